The summed E-state index contributed by atoms with van der Waals surface area (Å²) in [5.74, 6) is 0. The molecule has 1 heteroatoms. The van der Waals surface area contributed by atoms with E-state index in [0.29, 0.717) is 0 Å². The van der Waals surface area contributed by atoms with Gasteiger partial charge in [0.15, 0.2) is 0 Å². The first-order chi connectivity index (χ1) is 27.5. The number of hydrogen-bond donors (Lipinski definition) is 0. The van der Waals surface area contributed by atoms with Gasteiger partial charge in [-0.25, -0.2) is 0 Å². The SMILES string of the molecule is CC1(C)c2ccccc2-c2c(N(c3ccc(-c4ccc5ccccc5c4)cc3)c3ccc(-c4cc5ccccc5c5c4ccc4ccccc45)cc3)cccc21. The lowest BCUT2D eigenvalue weighted by Gasteiger charge is -2.29. The predicted molar refractivity (Wildman–Crippen MR) is 240 cm³/mol. The number of nitrogens with zero attached hydrogens (tertiary/aromatic N) is 1. The number of benzene rings is 10. The Morgan fingerprint density at radius 3 is 1.70 bits per heavy atom. The Balaban J connectivity index is 1.08. The van der Waals surface area contributed by atoms with Crippen LogP contribution in [0.4, 0.5) is 17.1 Å². The number of hydrogen-bond acceptors (Lipinski definition) is 1. The van der Waals surface area contributed by atoms with E-state index >= 15 is 0 Å². The van der Waals surface area contributed by atoms with Crippen molar-refractivity contribution in [1.82, 2.24) is 0 Å². The van der Waals surface area contributed by atoms with Crippen LogP contribution in [0.5, 0.6) is 0 Å². The molecule has 0 saturated carbocycles. The molecule has 0 amide bonds. The Bertz CT molecular complexity index is 3130. The molecule has 0 saturated heterocycles. The summed E-state index contributed by atoms with van der Waals surface area (Å²) >= 11 is 0. The molecule has 264 valence electrons. The third kappa shape index (κ3) is 5.01. The van der Waals surface area contributed by atoms with Gasteiger partial charge in [0.05, 0.1) is 5.69 Å². The summed E-state index contributed by atoms with van der Waals surface area (Å²) in [5, 5.41) is 10.2. The van der Waals surface area contributed by atoms with Gasteiger partial charge in [-0.15, -0.1) is 0 Å². The van der Waals surface area contributed by atoms with Crippen LogP contribution in [-0.4, -0.2) is 0 Å². The molecule has 1 aliphatic carbocycles. The molecule has 0 aliphatic heterocycles. The minimum absolute atomic E-state index is 0.0985. The molecule has 10 aromatic rings. The summed E-state index contributed by atoms with van der Waals surface area (Å²) in [7, 11) is 0. The highest BCUT2D eigenvalue weighted by Crippen LogP contribution is 2.54. The first-order valence-corrected chi connectivity index (χ1v) is 19.6. The van der Waals surface area contributed by atoms with Gasteiger partial charge in [0.2, 0.25) is 0 Å². The van der Waals surface area contributed by atoms with Crippen molar-refractivity contribution in [1.29, 1.82) is 0 Å². The van der Waals surface area contributed by atoms with Gasteiger partial charge in [-0.3, -0.25) is 0 Å². The second-order valence-corrected chi connectivity index (χ2v) is 15.7. The van der Waals surface area contributed by atoms with Crippen LogP contribution in [0.2, 0.25) is 0 Å². The quantitative estimate of drug-likeness (QED) is 0.161. The molecule has 1 nitrogen and oxygen atoms in total. The fourth-order valence-electron chi connectivity index (χ4n) is 9.42. The van der Waals surface area contributed by atoms with Gasteiger partial charge in [0.1, 0.15) is 0 Å². The van der Waals surface area contributed by atoms with Gasteiger partial charge < -0.3 is 4.90 Å². The summed E-state index contributed by atoms with van der Waals surface area (Å²) in [5.41, 5.74) is 13.6. The molecule has 1 aliphatic rings. The fraction of sp³-hybridized carbons (Fsp3) is 0.0545. The average Bonchev–Trinajstić information content (AvgIpc) is 3.50. The van der Waals surface area contributed by atoms with E-state index < -0.39 is 0 Å². The summed E-state index contributed by atoms with van der Waals surface area (Å²) in [6, 6.07) is 74.0. The van der Waals surface area contributed by atoms with E-state index in [9.17, 15) is 0 Å². The third-order valence-electron chi connectivity index (χ3n) is 12.2. The molecule has 0 aromatic heterocycles. The maximum atomic E-state index is 2.46. The van der Waals surface area contributed by atoms with E-state index in [1.165, 1.54) is 93.3 Å². The van der Waals surface area contributed by atoms with Gasteiger partial charge in [-0.1, -0.05) is 172 Å². The van der Waals surface area contributed by atoms with Crippen LogP contribution in [0.1, 0.15) is 25.0 Å². The first kappa shape index (κ1) is 32.5. The normalized spacial score (nSPS) is 13.0. The van der Waals surface area contributed by atoms with Gasteiger partial charge in [-0.05, 0) is 124 Å². The van der Waals surface area contributed by atoms with Crippen molar-refractivity contribution in [2.75, 3.05) is 4.90 Å². The second-order valence-electron chi connectivity index (χ2n) is 15.7. The van der Waals surface area contributed by atoms with E-state index in [-0.39, 0.29) is 5.41 Å². The van der Waals surface area contributed by atoms with Crippen LogP contribution >= 0.6 is 0 Å². The van der Waals surface area contributed by atoms with Crippen LogP contribution in [0, 0.1) is 0 Å². The van der Waals surface area contributed by atoms with Crippen LogP contribution in [0.15, 0.2) is 200 Å². The Morgan fingerprint density at radius 2 is 0.929 bits per heavy atom. The largest absolute Gasteiger partial charge is 0.310 e. The lowest BCUT2D eigenvalue weighted by molar-refractivity contribution is 0.660. The topological polar surface area (TPSA) is 3.24 Å². The minimum Gasteiger partial charge on any atom is -0.310 e. The van der Waals surface area contributed by atoms with Gasteiger partial charge in [0.25, 0.3) is 0 Å². The van der Waals surface area contributed by atoms with E-state index in [4.69, 9.17) is 0 Å². The molecule has 0 N–H and O–H groups in total. The van der Waals surface area contributed by atoms with E-state index in [1.54, 1.807) is 0 Å². The zero-order valence-corrected chi connectivity index (χ0v) is 31.5. The summed E-state index contributed by atoms with van der Waals surface area (Å²) in [4.78, 5) is 2.46. The molecule has 0 unspecified atom stereocenters. The van der Waals surface area contributed by atoms with Crippen LogP contribution in [0.25, 0.3) is 76.5 Å². The van der Waals surface area contributed by atoms with Crippen molar-refractivity contribution in [2.45, 2.75) is 19.3 Å². The second kappa shape index (κ2) is 12.5. The molecule has 0 bridgehead atoms. The lowest BCUT2D eigenvalue weighted by atomic mass is 9.82. The molecule has 56 heavy (non-hydrogen) atoms. The standard InChI is InChI=1S/C55H39N/c1-55(2)50-19-10-9-18-48(50)54-51(55)20-11-21-52(54)56(43-29-24-37(25-30-43)41-23-22-36-12-3-4-14-40(36)34-41)44-31-26-39(27-32-44)49-35-42-15-6-8-17-46(42)53-45-16-7-5-13-38(45)28-33-47(49)53/h3-35H,1-2H3. The Hall–Kier alpha value is -6.96. The van der Waals surface area contributed by atoms with Gasteiger partial charge in [-0.2, -0.15) is 0 Å². The smallest absolute Gasteiger partial charge is 0.0543 e. The van der Waals surface area contributed by atoms with Crippen LogP contribution < -0.4 is 4.90 Å². The average molecular weight is 714 g/mol. The Morgan fingerprint density at radius 1 is 0.357 bits per heavy atom. The van der Waals surface area contributed by atoms with Crippen molar-refractivity contribution < 1.29 is 0 Å². The highest BCUT2D eigenvalue weighted by Gasteiger charge is 2.37. The number of fused-ring (bicyclic) bond motifs is 9. The molecule has 0 spiro atoms. The third-order valence-corrected chi connectivity index (χ3v) is 12.2. The molecular formula is C55H39N. The number of rotatable bonds is 5. The molecule has 10 aromatic carbocycles. The molecule has 0 radical (unpaired) electrons. The number of anilines is 3. The maximum Gasteiger partial charge on any atom is 0.0543 e. The zero-order chi connectivity index (χ0) is 37.4. The van der Waals surface area contributed by atoms with Gasteiger partial charge >= 0.3 is 0 Å². The monoisotopic (exact) mass is 713 g/mol. The van der Waals surface area contributed by atoms with Gasteiger partial charge in [0, 0.05) is 22.4 Å². The molecule has 0 heterocycles. The molecular weight excluding hydrogens is 675 g/mol. The van der Waals surface area contributed by atoms with Crippen molar-refractivity contribution in [3.63, 3.8) is 0 Å². The molecule has 0 atom stereocenters. The predicted octanol–water partition coefficient (Wildman–Crippen LogP) is 15.4. The zero-order valence-electron chi connectivity index (χ0n) is 31.5. The van der Waals surface area contributed by atoms with Crippen LogP contribution in [-0.2, 0) is 5.41 Å². The van der Waals surface area contributed by atoms with Crippen molar-refractivity contribution in [3.8, 4) is 33.4 Å². The highest BCUT2D eigenvalue weighted by atomic mass is 15.1. The highest BCUT2D eigenvalue weighted by molar-refractivity contribution is 6.24. The first-order valence-electron chi connectivity index (χ1n) is 19.6. The summed E-state index contributed by atoms with van der Waals surface area (Å²) in [6.45, 7) is 4.71. The van der Waals surface area contributed by atoms with Crippen molar-refractivity contribution in [3.05, 3.63) is 211 Å². The molecule has 11 rings (SSSR count). The van der Waals surface area contributed by atoms with Crippen molar-refractivity contribution in [2.24, 2.45) is 0 Å². The Labute approximate surface area is 327 Å². The fourth-order valence-corrected chi connectivity index (χ4v) is 9.42. The Kier molecular flexibility index (Phi) is 7.28. The van der Waals surface area contributed by atoms with E-state index in [1.807, 2.05) is 0 Å². The summed E-state index contributed by atoms with van der Waals surface area (Å²) in [6.07, 6.45) is 0. The van der Waals surface area contributed by atoms with Crippen LogP contribution in [0.3, 0.4) is 0 Å². The van der Waals surface area contributed by atoms with Crippen molar-refractivity contribution >= 4 is 60.2 Å². The van der Waals surface area contributed by atoms with E-state index in [2.05, 4.69) is 219 Å². The molecule has 0 fully saturated rings. The summed E-state index contributed by atoms with van der Waals surface area (Å²) < 4.78 is 0. The maximum absolute atomic E-state index is 2.46. The lowest BCUT2D eigenvalue weighted by Crippen LogP contribution is -2.16. The minimum atomic E-state index is -0.0985. The van der Waals surface area contributed by atoms with E-state index in [0.717, 1.165) is 11.4 Å².